The van der Waals surface area contributed by atoms with Crippen LogP contribution in [0.2, 0.25) is 0 Å². The Morgan fingerprint density at radius 2 is 2.50 bits per heavy atom. The highest BCUT2D eigenvalue weighted by Crippen LogP contribution is 2.13. The molecule has 0 aliphatic rings. The maximum Gasteiger partial charge on any atom is 0.229 e. The molecule has 1 aromatic rings. The summed E-state index contributed by atoms with van der Waals surface area (Å²) in [7, 11) is 0. The van der Waals surface area contributed by atoms with E-state index < -0.39 is 0 Å². The van der Waals surface area contributed by atoms with Crippen LogP contribution in [0.5, 0.6) is 0 Å². The third-order valence-corrected chi connectivity index (χ3v) is 2.26. The fourth-order valence-corrected chi connectivity index (χ4v) is 1.51. The molecule has 0 saturated carbocycles. The average molecular weight is 179 g/mol. The summed E-state index contributed by atoms with van der Waals surface area (Å²) < 4.78 is 0. The summed E-state index contributed by atoms with van der Waals surface area (Å²) in [6.07, 6.45) is 0.136. The lowest BCUT2D eigenvalue weighted by molar-refractivity contribution is -0.117. The summed E-state index contributed by atoms with van der Waals surface area (Å²) in [5.74, 6) is 5.23. The van der Waals surface area contributed by atoms with Gasteiger partial charge in [-0.05, 0) is 23.9 Å². The Morgan fingerprint density at radius 3 is 3.00 bits per heavy atom. The Morgan fingerprint density at radius 1 is 1.75 bits per heavy atom. The predicted octanol–water partition coefficient (Wildman–Crippen LogP) is 1.28. The highest BCUT2D eigenvalue weighted by Gasteiger charge is 1.93. The number of amides is 1. The number of thiophene rings is 1. The fourth-order valence-electron chi connectivity index (χ4n) is 0.712. The highest BCUT2D eigenvalue weighted by atomic mass is 32.1. The van der Waals surface area contributed by atoms with E-state index in [1.165, 1.54) is 0 Å². The molecule has 0 saturated heterocycles. The first kappa shape index (κ1) is 8.82. The standard InChI is InChI=1S/C9H9NOS/c1-7-5-6-12-8(7)3-2-4-9(10)11/h5-6H,4H2,1H3,(H2,10,11). The normalized spacial score (nSPS) is 8.75. The number of primary amides is 1. The highest BCUT2D eigenvalue weighted by molar-refractivity contribution is 7.10. The predicted molar refractivity (Wildman–Crippen MR) is 49.7 cm³/mol. The van der Waals surface area contributed by atoms with Crippen LogP contribution in [0.25, 0.3) is 0 Å². The molecule has 2 nitrogen and oxygen atoms in total. The van der Waals surface area contributed by atoms with Crippen molar-refractivity contribution in [2.24, 2.45) is 5.73 Å². The molecule has 0 aromatic carbocycles. The van der Waals surface area contributed by atoms with E-state index in [9.17, 15) is 4.79 Å². The Hall–Kier alpha value is -1.27. The molecule has 1 rings (SSSR count). The number of aryl methyl sites for hydroxylation is 1. The van der Waals surface area contributed by atoms with Gasteiger partial charge in [0.05, 0.1) is 11.3 Å². The smallest absolute Gasteiger partial charge is 0.229 e. The molecule has 1 aromatic heterocycles. The molecule has 62 valence electrons. The molecule has 0 unspecified atom stereocenters. The number of carbonyl (C=O) groups excluding carboxylic acids is 1. The molecule has 12 heavy (non-hydrogen) atoms. The number of nitrogens with two attached hydrogens (primary N) is 1. The van der Waals surface area contributed by atoms with E-state index in [0.29, 0.717) is 0 Å². The largest absolute Gasteiger partial charge is 0.369 e. The monoisotopic (exact) mass is 179 g/mol. The van der Waals surface area contributed by atoms with Gasteiger partial charge in [0.1, 0.15) is 0 Å². The molecule has 0 aliphatic carbocycles. The summed E-state index contributed by atoms with van der Waals surface area (Å²) >= 11 is 1.58. The van der Waals surface area contributed by atoms with Crippen molar-refractivity contribution in [3.63, 3.8) is 0 Å². The van der Waals surface area contributed by atoms with Crippen LogP contribution in [0, 0.1) is 18.8 Å². The van der Waals surface area contributed by atoms with E-state index >= 15 is 0 Å². The molecule has 0 spiro atoms. The van der Waals surface area contributed by atoms with Gasteiger partial charge in [0, 0.05) is 0 Å². The zero-order valence-electron chi connectivity index (χ0n) is 6.76. The van der Waals surface area contributed by atoms with Crippen molar-refractivity contribution in [3.05, 3.63) is 21.9 Å². The van der Waals surface area contributed by atoms with Crippen molar-refractivity contribution in [2.45, 2.75) is 13.3 Å². The molecule has 3 heteroatoms. The first-order valence-electron chi connectivity index (χ1n) is 3.51. The number of rotatable bonds is 1. The van der Waals surface area contributed by atoms with Gasteiger partial charge in [-0.2, -0.15) is 0 Å². The van der Waals surface area contributed by atoms with Gasteiger partial charge in [0.15, 0.2) is 0 Å². The molecule has 0 fully saturated rings. The first-order valence-corrected chi connectivity index (χ1v) is 4.39. The maximum atomic E-state index is 10.3. The van der Waals surface area contributed by atoms with Crippen LogP contribution in [0.15, 0.2) is 11.4 Å². The van der Waals surface area contributed by atoms with Crippen LogP contribution < -0.4 is 5.73 Å². The molecule has 0 bridgehead atoms. The van der Waals surface area contributed by atoms with Crippen LogP contribution in [0.4, 0.5) is 0 Å². The topological polar surface area (TPSA) is 43.1 Å². The van der Waals surface area contributed by atoms with Crippen molar-refractivity contribution in [1.82, 2.24) is 0 Å². The van der Waals surface area contributed by atoms with Crippen LogP contribution >= 0.6 is 11.3 Å². The SMILES string of the molecule is Cc1ccsc1C#CCC(N)=O. The lowest BCUT2D eigenvalue weighted by Crippen LogP contribution is -2.08. The quantitative estimate of drug-likeness (QED) is 0.648. The molecule has 1 amide bonds. The van der Waals surface area contributed by atoms with E-state index in [0.717, 1.165) is 10.4 Å². The molecule has 0 aliphatic heterocycles. The van der Waals surface area contributed by atoms with Crippen molar-refractivity contribution < 1.29 is 4.79 Å². The van der Waals surface area contributed by atoms with Crippen LogP contribution in [0.3, 0.4) is 0 Å². The zero-order valence-corrected chi connectivity index (χ0v) is 7.57. The second kappa shape index (κ2) is 3.93. The van der Waals surface area contributed by atoms with Gasteiger partial charge >= 0.3 is 0 Å². The summed E-state index contributed by atoms with van der Waals surface area (Å²) in [5.41, 5.74) is 6.08. The lowest BCUT2D eigenvalue weighted by atomic mass is 10.3. The molecule has 1 heterocycles. The molecular formula is C9H9NOS. The van der Waals surface area contributed by atoms with Crippen molar-refractivity contribution >= 4 is 17.2 Å². The van der Waals surface area contributed by atoms with Crippen molar-refractivity contribution in [1.29, 1.82) is 0 Å². The van der Waals surface area contributed by atoms with E-state index in [2.05, 4.69) is 11.8 Å². The minimum absolute atomic E-state index is 0.136. The van der Waals surface area contributed by atoms with Gasteiger partial charge in [-0.1, -0.05) is 11.8 Å². The Bertz CT molecular complexity index is 343. The summed E-state index contributed by atoms with van der Waals surface area (Å²) in [4.78, 5) is 11.3. The summed E-state index contributed by atoms with van der Waals surface area (Å²) in [6.45, 7) is 1.99. The summed E-state index contributed by atoms with van der Waals surface area (Å²) in [5, 5.41) is 1.98. The van der Waals surface area contributed by atoms with Gasteiger partial charge in [-0.15, -0.1) is 11.3 Å². The van der Waals surface area contributed by atoms with Crippen molar-refractivity contribution in [2.75, 3.05) is 0 Å². The van der Waals surface area contributed by atoms with E-state index in [1.807, 2.05) is 18.4 Å². The zero-order chi connectivity index (χ0) is 8.97. The second-order valence-electron chi connectivity index (χ2n) is 2.38. The lowest BCUT2D eigenvalue weighted by Gasteiger charge is -1.83. The second-order valence-corrected chi connectivity index (χ2v) is 3.29. The molecule has 0 atom stereocenters. The molecule has 2 N–H and O–H groups in total. The van der Waals surface area contributed by atoms with Gasteiger partial charge < -0.3 is 5.73 Å². The minimum Gasteiger partial charge on any atom is -0.369 e. The minimum atomic E-state index is -0.378. The molecular weight excluding hydrogens is 170 g/mol. The summed E-state index contributed by atoms with van der Waals surface area (Å²) in [6, 6.07) is 2.00. The van der Waals surface area contributed by atoms with Crippen LogP contribution in [-0.4, -0.2) is 5.91 Å². The Kier molecular flexibility index (Phi) is 2.89. The maximum absolute atomic E-state index is 10.3. The molecule has 0 radical (unpaired) electrons. The van der Waals surface area contributed by atoms with Crippen LogP contribution in [0.1, 0.15) is 16.9 Å². The number of hydrogen-bond donors (Lipinski definition) is 1. The Labute approximate surface area is 75.4 Å². The van der Waals surface area contributed by atoms with E-state index in [-0.39, 0.29) is 12.3 Å². The van der Waals surface area contributed by atoms with Crippen molar-refractivity contribution in [3.8, 4) is 11.8 Å². The third kappa shape index (κ3) is 2.40. The van der Waals surface area contributed by atoms with Gasteiger partial charge in [-0.25, -0.2) is 0 Å². The van der Waals surface area contributed by atoms with Gasteiger partial charge in [0.2, 0.25) is 5.91 Å². The van der Waals surface area contributed by atoms with Crippen LogP contribution in [-0.2, 0) is 4.79 Å². The van der Waals surface area contributed by atoms with Gasteiger partial charge in [0.25, 0.3) is 0 Å². The number of carbonyl (C=O) groups is 1. The Balaban J connectivity index is 2.67. The fraction of sp³-hybridized carbons (Fsp3) is 0.222. The number of hydrogen-bond acceptors (Lipinski definition) is 2. The van der Waals surface area contributed by atoms with E-state index in [4.69, 9.17) is 5.73 Å². The first-order chi connectivity index (χ1) is 5.70. The van der Waals surface area contributed by atoms with Gasteiger partial charge in [-0.3, -0.25) is 4.79 Å². The average Bonchev–Trinajstić information content (AvgIpc) is 2.36. The van der Waals surface area contributed by atoms with E-state index in [1.54, 1.807) is 11.3 Å². The third-order valence-electron chi connectivity index (χ3n) is 1.33.